The van der Waals surface area contributed by atoms with Crippen LogP contribution in [0.5, 0.6) is 0 Å². The van der Waals surface area contributed by atoms with Gasteiger partial charge in [-0.1, -0.05) is 6.92 Å². The monoisotopic (exact) mass is 217 g/mol. The highest BCUT2D eigenvalue weighted by Gasteiger charge is 2.11. The number of hydrogen-bond acceptors (Lipinski definition) is 3. The van der Waals surface area contributed by atoms with Gasteiger partial charge in [-0.3, -0.25) is 0 Å². The molecule has 15 heavy (non-hydrogen) atoms. The van der Waals surface area contributed by atoms with Gasteiger partial charge in [0, 0.05) is 6.54 Å². The lowest BCUT2D eigenvalue weighted by molar-refractivity contribution is -0.0568. The molecule has 1 unspecified atom stereocenters. The summed E-state index contributed by atoms with van der Waals surface area (Å²) in [5, 5.41) is 3.36. The molecule has 0 aromatic rings. The standard InChI is InChI=1S/C12H27NO2/c1-6-7-13-8-12(15-11(4)5)9-14-10(2)3/h10-13H,6-9H2,1-5H3. The van der Waals surface area contributed by atoms with Crippen LogP contribution in [0.15, 0.2) is 0 Å². The molecule has 0 aromatic carbocycles. The molecule has 3 nitrogen and oxygen atoms in total. The highest BCUT2D eigenvalue weighted by Crippen LogP contribution is 2.00. The first-order chi connectivity index (χ1) is 7.06. The van der Waals surface area contributed by atoms with Gasteiger partial charge in [-0.05, 0) is 40.7 Å². The lowest BCUT2D eigenvalue weighted by Gasteiger charge is -2.22. The van der Waals surface area contributed by atoms with E-state index in [1.54, 1.807) is 0 Å². The molecule has 1 N–H and O–H groups in total. The van der Waals surface area contributed by atoms with E-state index in [-0.39, 0.29) is 18.3 Å². The average Bonchev–Trinajstić information content (AvgIpc) is 2.13. The first-order valence-corrected chi connectivity index (χ1v) is 6.04. The predicted octanol–water partition coefficient (Wildman–Crippen LogP) is 2.20. The Labute approximate surface area is 94.5 Å². The summed E-state index contributed by atoms with van der Waals surface area (Å²) in [5.41, 5.74) is 0. The summed E-state index contributed by atoms with van der Waals surface area (Å²) in [6.07, 6.45) is 1.85. The number of ether oxygens (including phenoxy) is 2. The Hall–Kier alpha value is -0.120. The molecule has 0 spiro atoms. The molecule has 0 aliphatic rings. The normalized spacial score (nSPS) is 13.8. The molecule has 0 radical (unpaired) electrons. The summed E-state index contributed by atoms with van der Waals surface area (Å²) in [6.45, 7) is 13.0. The van der Waals surface area contributed by atoms with Gasteiger partial charge in [-0.2, -0.15) is 0 Å². The smallest absolute Gasteiger partial charge is 0.0936 e. The summed E-state index contributed by atoms with van der Waals surface area (Å²) in [6, 6.07) is 0. The van der Waals surface area contributed by atoms with Gasteiger partial charge in [-0.25, -0.2) is 0 Å². The van der Waals surface area contributed by atoms with Crippen LogP contribution in [-0.4, -0.2) is 38.0 Å². The maximum absolute atomic E-state index is 5.76. The van der Waals surface area contributed by atoms with Crippen LogP contribution in [0.25, 0.3) is 0 Å². The minimum atomic E-state index is 0.166. The fraction of sp³-hybridized carbons (Fsp3) is 1.00. The van der Waals surface area contributed by atoms with Crippen molar-refractivity contribution in [3.63, 3.8) is 0 Å². The Morgan fingerprint density at radius 3 is 2.20 bits per heavy atom. The Balaban J connectivity index is 3.73. The first-order valence-electron chi connectivity index (χ1n) is 6.04. The third-order valence-electron chi connectivity index (χ3n) is 1.88. The van der Waals surface area contributed by atoms with E-state index < -0.39 is 0 Å². The van der Waals surface area contributed by atoms with Gasteiger partial charge in [0.05, 0.1) is 24.9 Å². The van der Waals surface area contributed by atoms with Crippen molar-refractivity contribution < 1.29 is 9.47 Å². The van der Waals surface area contributed by atoms with Gasteiger partial charge < -0.3 is 14.8 Å². The predicted molar refractivity (Wildman–Crippen MR) is 64.3 cm³/mol. The van der Waals surface area contributed by atoms with Crippen molar-refractivity contribution in [3.8, 4) is 0 Å². The maximum atomic E-state index is 5.76. The van der Waals surface area contributed by atoms with Crippen molar-refractivity contribution >= 4 is 0 Å². The van der Waals surface area contributed by atoms with Crippen molar-refractivity contribution in [3.05, 3.63) is 0 Å². The van der Waals surface area contributed by atoms with Crippen LogP contribution in [0.3, 0.4) is 0 Å². The molecule has 0 aliphatic heterocycles. The molecule has 0 saturated carbocycles. The Kier molecular flexibility index (Phi) is 9.06. The Morgan fingerprint density at radius 1 is 1.07 bits per heavy atom. The fourth-order valence-electron chi connectivity index (χ4n) is 1.27. The number of hydrogen-bond donors (Lipinski definition) is 1. The zero-order valence-corrected chi connectivity index (χ0v) is 10.9. The lowest BCUT2D eigenvalue weighted by Crippen LogP contribution is -2.35. The molecule has 3 heteroatoms. The van der Waals surface area contributed by atoms with Crippen LogP contribution in [0.1, 0.15) is 41.0 Å². The third-order valence-corrected chi connectivity index (χ3v) is 1.88. The summed E-state index contributed by atoms with van der Waals surface area (Å²) in [4.78, 5) is 0. The fourth-order valence-corrected chi connectivity index (χ4v) is 1.27. The van der Waals surface area contributed by atoms with Crippen LogP contribution < -0.4 is 5.32 Å². The summed E-state index contributed by atoms with van der Waals surface area (Å²) >= 11 is 0. The molecule has 1 atom stereocenters. The van der Waals surface area contributed by atoms with Gasteiger partial charge >= 0.3 is 0 Å². The van der Waals surface area contributed by atoms with E-state index in [9.17, 15) is 0 Å². The van der Waals surface area contributed by atoms with Crippen LogP contribution in [0.2, 0.25) is 0 Å². The number of nitrogens with one attached hydrogen (secondary N) is 1. The van der Waals surface area contributed by atoms with E-state index >= 15 is 0 Å². The molecular formula is C12H27NO2. The van der Waals surface area contributed by atoms with Gasteiger partial charge in [0.15, 0.2) is 0 Å². The van der Waals surface area contributed by atoms with E-state index in [1.807, 2.05) is 13.8 Å². The van der Waals surface area contributed by atoms with Crippen molar-refractivity contribution in [2.75, 3.05) is 19.7 Å². The zero-order valence-electron chi connectivity index (χ0n) is 10.9. The molecular weight excluding hydrogens is 190 g/mol. The van der Waals surface area contributed by atoms with E-state index in [1.165, 1.54) is 0 Å². The minimum Gasteiger partial charge on any atom is -0.376 e. The molecule has 0 amide bonds. The molecule has 0 saturated heterocycles. The van der Waals surface area contributed by atoms with Gasteiger partial charge in [-0.15, -0.1) is 0 Å². The van der Waals surface area contributed by atoms with Gasteiger partial charge in [0.1, 0.15) is 0 Å². The summed E-state index contributed by atoms with van der Waals surface area (Å²) < 4.78 is 11.3. The quantitative estimate of drug-likeness (QED) is 0.601. The minimum absolute atomic E-state index is 0.166. The van der Waals surface area contributed by atoms with Gasteiger partial charge in [0.25, 0.3) is 0 Å². The second-order valence-electron chi connectivity index (χ2n) is 4.39. The van der Waals surface area contributed by atoms with E-state index in [4.69, 9.17) is 9.47 Å². The van der Waals surface area contributed by atoms with Crippen LogP contribution >= 0.6 is 0 Å². The summed E-state index contributed by atoms with van der Waals surface area (Å²) in [7, 11) is 0. The summed E-state index contributed by atoms with van der Waals surface area (Å²) in [5.74, 6) is 0. The topological polar surface area (TPSA) is 30.5 Å². The number of rotatable bonds is 9. The molecule has 0 aromatic heterocycles. The van der Waals surface area contributed by atoms with Crippen LogP contribution in [0.4, 0.5) is 0 Å². The largest absolute Gasteiger partial charge is 0.376 e. The highest BCUT2D eigenvalue weighted by atomic mass is 16.5. The molecule has 0 heterocycles. The lowest BCUT2D eigenvalue weighted by atomic mass is 10.3. The van der Waals surface area contributed by atoms with Crippen molar-refractivity contribution in [2.45, 2.75) is 59.4 Å². The van der Waals surface area contributed by atoms with E-state index in [2.05, 4.69) is 26.1 Å². The highest BCUT2D eigenvalue weighted by molar-refractivity contribution is 4.62. The Bertz CT molecular complexity index is 138. The Morgan fingerprint density at radius 2 is 1.73 bits per heavy atom. The molecule has 0 fully saturated rings. The van der Waals surface area contributed by atoms with Gasteiger partial charge in [0.2, 0.25) is 0 Å². The average molecular weight is 217 g/mol. The van der Waals surface area contributed by atoms with Crippen molar-refractivity contribution in [1.29, 1.82) is 0 Å². The van der Waals surface area contributed by atoms with Crippen LogP contribution in [0, 0.1) is 0 Å². The SMILES string of the molecule is CCCNCC(COC(C)C)OC(C)C. The molecule has 0 aliphatic carbocycles. The molecule has 92 valence electrons. The van der Waals surface area contributed by atoms with E-state index in [0.717, 1.165) is 19.5 Å². The first kappa shape index (κ1) is 14.9. The second kappa shape index (κ2) is 9.13. The maximum Gasteiger partial charge on any atom is 0.0936 e. The van der Waals surface area contributed by atoms with Crippen molar-refractivity contribution in [2.24, 2.45) is 0 Å². The second-order valence-corrected chi connectivity index (χ2v) is 4.39. The van der Waals surface area contributed by atoms with E-state index in [0.29, 0.717) is 6.61 Å². The zero-order chi connectivity index (χ0) is 11.7. The molecule has 0 bridgehead atoms. The molecule has 0 rings (SSSR count). The van der Waals surface area contributed by atoms with Crippen molar-refractivity contribution in [1.82, 2.24) is 5.32 Å². The van der Waals surface area contributed by atoms with Crippen LogP contribution in [-0.2, 0) is 9.47 Å². The third kappa shape index (κ3) is 10.2.